The van der Waals surface area contributed by atoms with Gasteiger partial charge in [-0.25, -0.2) is 19.3 Å². The van der Waals surface area contributed by atoms with Gasteiger partial charge >= 0.3 is 0 Å². The van der Waals surface area contributed by atoms with Crippen molar-refractivity contribution in [2.75, 3.05) is 23.3 Å². The minimum atomic E-state index is -0.490. The highest BCUT2D eigenvalue weighted by Gasteiger charge is 2.31. The second-order valence-corrected chi connectivity index (χ2v) is 9.25. The zero-order valence-corrected chi connectivity index (χ0v) is 20.6. The van der Waals surface area contributed by atoms with Gasteiger partial charge in [0, 0.05) is 49.5 Å². The molecule has 0 bridgehead atoms. The minimum absolute atomic E-state index is 0.115. The van der Waals surface area contributed by atoms with Gasteiger partial charge in [0.25, 0.3) is 0 Å². The fraction of sp³-hybridized carbons (Fsp3) is 0.440. The number of aromatic nitrogens is 4. The van der Waals surface area contributed by atoms with Crippen molar-refractivity contribution in [3.63, 3.8) is 0 Å². The first-order valence-electron chi connectivity index (χ1n) is 11.6. The Morgan fingerprint density at radius 2 is 1.74 bits per heavy atom. The third-order valence-electron chi connectivity index (χ3n) is 6.26. The van der Waals surface area contributed by atoms with Crippen molar-refractivity contribution < 1.29 is 9.18 Å². The van der Waals surface area contributed by atoms with Crippen LogP contribution < -0.4 is 10.2 Å². The number of hydrogen-bond donors (Lipinski definition) is 1. The lowest BCUT2D eigenvalue weighted by atomic mass is 10.1. The van der Waals surface area contributed by atoms with E-state index in [1.54, 1.807) is 13.1 Å². The number of hydrogen-bond acceptors (Lipinski definition) is 6. The molecule has 1 fully saturated rings. The molecule has 1 saturated heterocycles. The second-order valence-electron chi connectivity index (χ2n) is 9.25. The van der Waals surface area contributed by atoms with Crippen LogP contribution in [0, 0.1) is 12.7 Å². The van der Waals surface area contributed by atoms with Gasteiger partial charge in [-0.15, -0.1) is 0 Å². The molecular formula is C25H32FN7O. The number of carbonyl (C=O) groups excluding carboxylic acids is 1. The first kappa shape index (κ1) is 23.7. The molecule has 2 atom stereocenters. The summed E-state index contributed by atoms with van der Waals surface area (Å²) in [5.41, 5.74) is 2.73. The Morgan fingerprint density at radius 3 is 2.32 bits per heavy atom. The smallest absolute Gasteiger partial charge is 0.227 e. The third-order valence-corrected chi connectivity index (χ3v) is 6.26. The molecule has 8 nitrogen and oxygen atoms in total. The van der Waals surface area contributed by atoms with Crippen LogP contribution in [0.1, 0.15) is 46.5 Å². The molecular weight excluding hydrogens is 433 g/mol. The Morgan fingerprint density at radius 1 is 1.09 bits per heavy atom. The number of amides is 1. The van der Waals surface area contributed by atoms with Gasteiger partial charge in [-0.3, -0.25) is 4.79 Å². The Bertz CT molecular complexity index is 1160. The van der Waals surface area contributed by atoms with Crippen LogP contribution in [-0.4, -0.2) is 55.5 Å². The Balaban J connectivity index is 1.52. The van der Waals surface area contributed by atoms with Gasteiger partial charge in [0.1, 0.15) is 11.5 Å². The molecule has 180 valence electrons. The van der Waals surface area contributed by atoms with Crippen LogP contribution in [0.25, 0.3) is 11.4 Å². The predicted molar refractivity (Wildman–Crippen MR) is 132 cm³/mol. The van der Waals surface area contributed by atoms with Crippen molar-refractivity contribution in [3.05, 3.63) is 48.3 Å². The van der Waals surface area contributed by atoms with E-state index in [0.29, 0.717) is 11.6 Å². The summed E-state index contributed by atoms with van der Waals surface area (Å²) in [7, 11) is 0. The van der Waals surface area contributed by atoms with Gasteiger partial charge in [-0.1, -0.05) is 0 Å². The van der Waals surface area contributed by atoms with E-state index in [1.807, 2.05) is 54.5 Å². The summed E-state index contributed by atoms with van der Waals surface area (Å²) in [6, 6.07) is 8.40. The number of imidazole rings is 1. The molecule has 1 aliphatic rings. The van der Waals surface area contributed by atoms with Crippen LogP contribution in [0.3, 0.4) is 0 Å². The van der Waals surface area contributed by atoms with E-state index in [1.165, 1.54) is 6.20 Å². The lowest BCUT2D eigenvalue weighted by molar-refractivity contribution is -0.133. The SMILES string of the molecule is CC(=O)N1[C@H](C)CN(c2ccc(Nc3ncc(F)c(-c4cnc(C)n4C(C)C)n3)cc2)C[C@@H]1C. The van der Waals surface area contributed by atoms with E-state index in [4.69, 9.17) is 0 Å². The number of anilines is 3. The largest absolute Gasteiger partial charge is 0.367 e. The van der Waals surface area contributed by atoms with Crippen LogP contribution in [0.15, 0.2) is 36.7 Å². The topological polar surface area (TPSA) is 79.2 Å². The van der Waals surface area contributed by atoms with Crippen LogP contribution >= 0.6 is 0 Å². The second kappa shape index (κ2) is 9.40. The zero-order chi connectivity index (χ0) is 24.6. The molecule has 9 heteroatoms. The molecule has 4 rings (SSSR count). The van der Waals surface area contributed by atoms with Crippen molar-refractivity contribution in [2.45, 2.75) is 59.7 Å². The van der Waals surface area contributed by atoms with Crippen molar-refractivity contribution >= 4 is 23.2 Å². The normalized spacial score (nSPS) is 18.5. The number of carbonyl (C=O) groups is 1. The molecule has 3 heterocycles. The molecule has 1 N–H and O–H groups in total. The quantitative estimate of drug-likeness (QED) is 0.595. The maximum absolute atomic E-state index is 14.6. The third kappa shape index (κ3) is 4.60. The number of nitrogens with zero attached hydrogens (tertiary/aromatic N) is 6. The van der Waals surface area contributed by atoms with Crippen molar-refractivity contribution in [1.82, 2.24) is 24.4 Å². The fourth-order valence-corrected chi connectivity index (χ4v) is 4.93. The van der Waals surface area contributed by atoms with E-state index in [0.717, 1.165) is 30.3 Å². The van der Waals surface area contributed by atoms with Gasteiger partial charge in [-0.2, -0.15) is 0 Å². The van der Waals surface area contributed by atoms with Crippen LogP contribution in [0.5, 0.6) is 0 Å². The van der Waals surface area contributed by atoms with Crippen molar-refractivity contribution in [2.24, 2.45) is 0 Å². The molecule has 0 radical (unpaired) electrons. The highest BCUT2D eigenvalue weighted by atomic mass is 19.1. The number of aryl methyl sites for hydroxylation is 1. The molecule has 1 amide bonds. The monoisotopic (exact) mass is 465 g/mol. The fourth-order valence-electron chi connectivity index (χ4n) is 4.93. The van der Waals surface area contributed by atoms with E-state index >= 15 is 0 Å². The maximum atomic E-state index is 14.6. The average molecular weight is 466 g/mol. The van der Waals surface area contributed by atoms with Gasteiger partial charge in [0.15, 0.2) is 5.82 Å². The van der Waals surface area contributed by atoms with E-state index in [-0.39, 0.29) is 29.7 Å². The highest BCUT2D eigenvalue weighted by Crippen LogP contribution is 2.28. The first-order valence-corrected chi connectivity index (χ1v) is 11.6. The lowest BCUT2D eigenvalue weighted by Gasteiger charge is -2.45. The molecule has 0 spiro atoms. The summed E-state index contributed by atoms with van der Waals surface area (Å²) in [4.78, 5) is 29.1. The molecule has 0 unspecified atom stereocenters. The van der Waals surface area contributed by atoms with Crippen LogP contribution in [-0.2, 0) is 4.79 Å². The number of halogens is 1. The molecule has 0 saturated carbocycles. The molecule has 3 aromatic rings. The molecule has 2 aromatic heterocycles. The predicted octanol–water partition coefficient (Wildman–Crippen LogP) is 4.56. The molecule has 1 aromatic carbocycles. The Hall–Kier alpha value is -3.49. The Kier molecular flexibility index (Phi) is 6.54. The summed E-state index contributed by atoms with van der Waals surface area (Å²) < 4.78 is 16.6. The maximum Gasteiger partial charge on any atom is 0.227 e. The lowest BCUT2D eigenvalue weighted by Crippen LogP contribution is -2.58. The van der Waals surface area contributed by atoms with E-state index in [2.05, 4.69) is 39.0 Å². The van der Waals surface area contributed by atoms with Crippen LogP contribution in [0.2, 0.25) is 0 Å². The van der Waals surface area contributed by atoms with Crippen molar-refractivity contribution in [3.8, 4) is 11.4 Å². The molecule has 0 aliphatic carbocycles. The number of piperazine rings is 1. The first-order chi connectivity index (χ1) is 16.2. The number of rotatable bonds is 5. The van der Waals surface area contributed by atoms with Gasteiger partial charge in [-0.05, 0) is 58.9 Å². The summed E-state index contributed by atoms with van der Waals surface area (Å²) in [6.07, 6.45) is 2.83. The van der Waals surface area contributed by atoms with E-state index < -0.39 is 5.82 Å². The van der Waals surface area contributed by atoms with E-state index in [9.17, 15) is 9.18 Å². The summed E-state index contributed by atoms with van der Waals surface area (Å²) in [6.45, 7) is 13.3. The summed E-state index contributed by atoms with van der Waals surface area (Å²) in [5, 5.41) is 3.18. The summed E-state index contributed by atoms with van der Waals surface area (Å²) in [5.74, 6) is 0.747. The van der Waals surface area contributed by atoms with Crippen molar-refractivity contribution in [1.29, 1.82) is 0 Å². The molecule has 34 heavy (non-hydrogen) atoms. The van der Waals surface area contributed by atoms with Crippen LogP contribution in [0.4, 0.5) is 21.7 Å². The van der Waals surface area contributed by atoms with Gasteiger partial charge < -0.3 is 19.7 Å². The average Bonchev–Trinajstić information content (AvgIpc) is 3.16. The van der Waals surface area contributed by atoms with Gasteiger partial charge in [0.05, 0.1) is 18.1 Å². The standard InChI is InChI=1S/C25H32FN7O/c1-15(2)32-18(5)27-12-23(32)24-22(26)11-28-25(30-24)29-20-7-9-21(10-8-20)31-13-16(3)33(19(6)34)17(4)14-31/h7-12,15-17H,13-14H2,1-6H3,(H,28,29,30)/t16-,17+. The zero-order valence-electron chi connectivity index (χ0n) is 20.6. The minimum Gasteiger partial charge on any atom is -0.367 e. The number of nitrogens with one attached hydrogen (secondary N) is 1. The van der Waals surface area contributed by atoms with Gasteiger partial charge in [0.2, 0.25) is 11.9 Å². The number of benzene rings is 1. The molecule has 1 aliphatic heterocycles. The Labute approximate surface area is 199 Å². The highest BCUT2D eigenvalue weighted by molar-refractivity contribution is 5.74. The summed E-state index contributed by atoms with van der Waals surface area (Å²) >= 11 is 0.